The van der Waals surface area contributed by atoms with Crippen LogP contribution < -0.4 is 10.1 Å². The van der Waals surface area contributed by atoms with Gasteiger partial charge < -0.3 is 10.1 Å². The first-order valence-corrected chi connectivity index (χ1v) is 3.17. The molecule has 55 valence electrons. The lowest BCUT2D eigenvalue weighted by atomic mass is 10.3. The van der Waals surface area contributed by atoms with Crippen molar-refractivity contribution in [1.29, 1.82) is 0 Å². The Labute approximate surface area is 63.2 Å². The number of anilines is 1. The van der Waals surface area contributed by atoms with E-state index in [0.717, 1.165) is 0 Å². The maximum absolute atomic E-state index is 10.7. The molecule has 0 unspecified atom stereocenters. The van der Waals surface area contributed by atoms with Gasteiger partial charge in [-0.2, -0.15) is 0 Å². The zero-order chi connectivity index (χ0) is 7.68. The predicted octanol–water partition coefficient (Wildman–Crippen LogP) is 0.213. The Morgan fingerprint density at radius 2 is 2.64 bits per heavy atom. The van der Waals surface area contributed by atoms with Crippen molar-refractivity contribution in [3.05, 3.63) is 18.3 Å². The minimum Gasteiger partial charge on any atom is -0.404 e. The predicted molar refractivity (Wildman–Crippen MR) is 37.2 cm³/mol. The number of ether oxygens (including phenoxy) is 1. The summed E-state index contributed by atoms with van der Waals surface area (Å²) in [7, 11) is 0. The van der Waals surface area contributed by atoms with E-state index in [1.165, 1.54) is 6.20 Å². The van der Waals surface area contributed by atoms with E-state index >= 15 is 0 Å². The average molecular weight is 149 g/mol. The van der Waals surface area contributed by atoms with E-state index in [0.29, 0.717) is 11.6 Å². The number of carbonyl (C=O) groups excluding carboxylic acids is 1. The van der Waals surface area contributed by atoms with Crippen LogP contribution in [-0.2, 0) is 4.79 Å². The molecule has 0 bridgehead atoms. The van der Waals surface area contributed by atoms with Crippen LogP contribution in [0.5, 0.6) is 5.88 Å². The van der Waals surface area contributed by atoms with Crippen LogP contribution in [-0.4, -0.2) is 17.5 Å². The summed E-state index contributed by atoms with van der Waals surface area (Å²) in [6, 6.07) is 4.46. The van der Waals surface area contributed by atoms with Crippen LogP contribution >= 0.6 is 0 Å². The fraction of sp³-hybridized carbons (Fsp3) is 0.143. The maximum Gasteiger partial charge on any atom is 0.332 e. The largest absolute Gasteiger partial charge is 0.404 e. The molecule has 4 heteroatoms. The lowest BCUT2D eigenvalue weighted by Crippen LogP contribution is -2.25. The molecule has 4 nitrogen and oxygen atoms in total. The highest BCUT2D eigenvalue weighted by Crippen LogP contribution is 2.22. The van der Waals surface area contributed by atoms with Gasteiger partial charge in [-0.1, -0.05) is 0 Å². The van der Waals surface area contributed by atoms with Gasteiger partial charge in [0.25, 0.3) is 0 Å². The second-order valence-corrected chi connectivity index (χ2v) is 2.12. The number of nitrogens with zero attached hydrogens (tertiary/aromatic N) is 1. The molecule has 1 N–H and O–H groups in total. The minimum atomic E-state index is -0.309. The number of hydrogen-bond donors (Lipinski definition) is 1. The van der Waals surface area contributed by atoms with Crippen LogP contribution in [0.3, 0.4) is 0 Å². The molecule has 1 aliphatic heterocycles. The number of hydrogen-bond acceptors (Lipinski definition) is 4. The summed E-state index contributed by atoms with van der Waals surface area (Å²) in [5, 5.41) is 2.84. The second-order valence-electron chi connectivity index (χ2n) is 2.12. The zero-order valence-electron chi connectivity index (χ0n) is 5.63. The van der Waals surface area contributed by atoms with Gasteiger partial charge in [-0.15, -0.1) is 0 Å². The smallest absolute Gasteiger partial charge is 0.332 e. The van der Waals surface area contributed by atoms with Gasteiger partial charge in [0.05, 0.1) is 5.69 Å². The summed E-state index contributed by atoms with van der Waals surface area (Å²) >= 11 is 0. The summed E-state index contributed by atoms with van der Waals surface area (Å²) in [5.74, 6) is 0.0243. The van der Waals surface area contributed by atoms with Gasteiger partial charge in [0, 0.05) is 12.3 Å². The van der Waals surface area contributed by atoms with Gasteiger partial charge in [0.15, 0.2) is 0 Å². The third kappa shape index (κ3) is 1.02. The molecule has 1 aromatic heterocycles. The molecule has 1 radical (unpaired) electrons. The first-order valence-electron chi connectivity index (χ1n) is 3.17. The topological polar surface area (TPSA) is 51.2 Å². The van der Waals surface area contributed by atoms with Crippen molar-refractivity contribution in [2.24, 2.45) is 0 Å². The molecule has 1 aliphatic rings. The second kappa shape index (κ2) is 2.23. The quantitative estimate of drug-likeness (QED) is 0.536. The SMILES string of the molecule is O=C1CNc2c[c]cnc2O1. The highest BCUT2D eigenvalue weighted by atomic mass is 16.5. The van der Waals surface area contributed by atoms with Gasteiger partial charge in [-0.05, 0) is 6.07 Å². The molecule has 1 aromatic rings. The Morgan fingerprint density at radius 1 is 1.73 bits per heavy atom. The summed E-state index contributed by atoms with van der Waals surface area (Å²) in [4.78, 5) is 14.5. The Morgan fingerprint density at radius 3 is 3.55 bits per heavy atom. The maximum atomic E-state index is 10.7. The molecule has 0 spiro atoms. The van der Waals surface area contributed by atoms with Crippen molar-refractivity contribution in [2.75, 3.05) is 11.9 Å². The lowest BCUT2D eigenvalue weighted by molar-refractivity contribution is -0.133. The molecule has 2 rings (SSSR count). The van der Waals surface area contributed by atoms with E-state index < -0.39 is 0 Å². The number of pyridine rings is 1. The lowest BCUT2D eigenvalue weighted by Gasteiger charge is -2.14. The van der Waals surface area contributed by atoms with Gasteiger partial charge in [-0.3, -0.25) is 0 Å². The van der Waals surface area contributed by atoms with Crippen LogP contribution in [0.25, 0.3) is 0 Å². The van der Waals surface area contributed by atoms with E-state index in [1.807, 2.05) is 0 Å². The van der Waals surface area contributed by atoms with Gasteiger partial charge in [0.1, 0.15) is 6.54 Å². The van der Waals surface area contributed by atoms with E-state index in [9.17, 15) is 4.79 Å². The van der Waals surface area contributed by atoms with Gasteiger partial charge >= 0.3 is 5.97 Å². The van der Waals surface area contributed by atoms with Crippen molar-refractivity contribution >= 4 is 11.7 Å². The number of nitrogens with one attached hydrogen (secondary N) is 1. The molecule has 0 atom stereocenters. The molecule has 0 amide bonds. The Kier molecular flexibility index (Phi) is 1.25. The van der Waals surface area contributed by atoms with Crippen molar-refractivity contribution in [2.45, 2.75) is 0 Å². The van der Waals surface area contributed by atoms with Gasteiger partial charge in [0.2, 0.25) is 5.88 Å². The standard InChI is InChI=1S/C7H5N2O2/c10-6-4-9-5-2-1-3-8-7(5)11-6/h2-3,9H,4H2. The molecule has 0 aromatic carbocycles. The summed E-state index contributed by atoms with van der Waals surface area (Å²) in [6.07, 6.45) is 1.46. The third-order valence-corrected chi connectivity index (χ3v) is 1.35. The Hall–Kier alpha value is -1.58. The highest BCUT2D eigenvalue weighted by molar-refractivity contribution is 5.82. The van der Waals surface area contributed by atoms with Crippen LogP contribution in [0, 0.1) is 6.07 Å². The Bertz CT molecular complexity index is 298. The van der Waals surface area contributed by atoms with Crippen molar-refractivity contribution in [3.8, 4) is 5.88 Å². The average Bonchev–Trinajstić information content (AvgIpc) is 2.04. The molecule has 0 saturated heterocycles. The first-order chi connectivity index (χ1) is 5.36. The highest BCUT2D eigenvalue weighted by Gasteiger charge is 2.15. The van der Waals surface area contributed by atoms with E-state index in [-0.39, 0.29) is 12.5 Å². The number of rotatable bonds is 0. The van der Waals surface area contributed by atoms with Crippen molar-refractivity contribution in [1.82, 2.24) is 4.98 Å². The number of aromatic nitrogens is 1. The molecular formula is C7H5N2O2. The molecule has 0 fully saturated rings. The first kappa shape index (κ1) is 6.15. The van der Waals surface area contributed by atoms with E-state index in [4.69, 9.17) is 4.74 Å². The number of esters is 1. The van der Waals surface area contributed by atoms with Crippen molar-refractivity contribution in [3.63, 3.8) is 0 Å². The summed E-state index contributed by atoms with van der Waals surface area (Å²) in [5.41, 5.74) is 0.715. The normalized spacial score (nSPS) is 14.7. The third-order valence-electron chi connectivity index (χ3n) is 1.35. The molecule has 11 heavy (non-hydrogen) atoms. The fourth-order valence-corrected chi connectivity index (χ4v) is 0.867. The monoisotopic (exact) mass is 149 g/mol. The van der Waals surface area contributed by atoms with Crippen LogP contribution in [0.2, 0.25) is 0 Å². The number of fused-ring (bicyclic) bond motifs is 1. The number of carbonyl (C=O) groups is 1. The molecular weight excluding hydrogens is 144 g/mol. The Balaban J connectivity index is 2.41. The molecule has 0 aliphatic carbocycles. The minimum absolute atomic E-state index is 0.201. The van der Waals surface area contributed by atoms with E-state index in [1.54, 1.807) is 6.07 Å². The van der Waals surface area contributed by atoms with Crippen molar-refractivity contribution < 1.29 is 9.53 Å². The van der Waals surface area contributed by atoms with Crippen LogP contribution in [0.4, 0.5) is 5.69 Å². The zero-order valence-corrected chi connectivity index (χ0v) is 5.63. The van der Waals surface area contributed by atoms with E-state index in [2.05, 4.69) is 16.4 Å². The molecule has 2 heterocycles. The summed E-state index contributed by atoms with van der Waals surface area (Å²) in [6.45, 7) is 0.201. The van der Waals surface area contributed by atoms with Crippen LogP contribution in [0.1, 0.15) is 0 Å². The molecule has 0 saturated carbocycles. The summed E-state index contributed by atoms with van der Waals surface area (Å²) < 4.78 is 4.80. The van der Waals surface area contributed by atoms with Gasteiger partial charge in [-0.25, -0.2) is 9.78 Å². The fourth-order valence-electron chi connectivity index (χ4n) is 0.867. The van der Waals surface area contributed by atoms with Crippen LogP contribution in [0.15, 0.2) is 12.3 Å².